The first-order valence-electron chi connectivity index (χ1n) is 5.72. The van der Waals surface area contributed by atoms with Crippen LogP contribution >= 0.6 is 0 Å². The normalized spacial score (nSPS) is 10.6. The molecule has 0 aliphatic carbocycles. The molecule has 0 fully saturated rings. The number of aliphatic hydroxyl groups excluding tert-OH is 2. The molecule has 0 rings (SSSR count). The minimum Gasteiger partial charge on any atom is -0.395 e. The van der Waals surface area contributed by atoms with Crippen LogP contribution in [0.3, 0.4) is 0 Å². The first kappa shape index (κ1) is 19.3. The van der Waals surface area contributed by atoms with Gasteiger partial charge < -0.3 is 23.5 Å². The zero-order valence-electron chi connectivity index (χ0n) is 11.4. The maximum absolute atomic E-state index is 8.57. The van der Waals surface area contributed by atoms with E-state index in [1.807, 2.05) is 4.90 Å². The molecule has 0 aliphatic heterocycles. The van der Waals surface area contributed by atoms with Gasteiger partial charge in [-0.3, -0.25) is 4.90 Å². The summed E-state index contributed by atoms with van der Waals surface area (Å²) in [5, 5.41) is 17.1. The molecule has 0 heterocycles. The fourth-order valence-electron chi connectivity index (χ4n) is 1.22. The van der Waals surface area contributed by atoms with E-state index in [0.717, 1.165) is 13.0 Å². The van der Waals surface area contributed by atoms with Gasteiger partial charge in [0.2, 0.25) is 0 Å². The van der Waals surface area contributed by atoms with E-state index < -0.39 is 9.53 Å². The number of hydrogen-bond acceptors (Lipinski definition) is 6. The van der Waals surface area contributed by atoms with E-state index in [9.17, 15) is 0 Å². The van der Waals surface area contributed by atoms with Crippen LogP contribution in [0.4, 0.5) is 0 Å². The second kappa shape index (κ2) is 16.0. The van der Waals surface area contributed by atoms with Gasteiger partial charge >= 0.3 is 9.53 Å². The Morgan fingerprint density at radius 3 is 1.47 bits per heavy atom. The van der Waals surface area contributed by atoms with E-state index in [-0.39, 0.29) is 13.2 Å². The van der Waals surface area contributed by atoms with Crippen LogP contribution in [0.1, 0.15) is 13.3 Å². The predicted molar refractivity (Wildman–Crippen MR) is 69.1 cm³/mol. The first-order valence-corrected chi connectivity index (χ1v) is 7.13. The van der Waals surface area contributed by atoms with Crippen molar-refractivity contribution >= 4 is 9.53 Å². The van der Waals surface area contributed by atoms with Crippen LogP contribution in [0.25, 0.3) is 0 Å². The van der Waals surface area contributed by atoms with Crippen molar-refractivity contribution in [2.45, 2.75) is 13.3 Å². The second-order valence-corrected chi connectivity index (χ2v) is 5.28. The van der Waals surface area contributed by atoms with Gasteiger partial charge in [0.1, 0.15) is 0 Å². The van der Waals surface area contributed by atoms with Crippen molar-refractivity contribution in [2.75, 3.05) is 54.2 Å². The topological polar surface area (TPSA) is 71.4 Å². The van der Waals surface area contributed by atoms with Gasteiger partial charge in [-0.2, -0.15) is 0 Å². The third kappa shape index (κ3) is 13.9. The smallest absolute Gasteiger partial charge is 0.395 e. The van der Waals surface area contributed by atoms with E-state index in [4.69, 9.17) is 23.5 Å². The van der Waals surface area contributed by atoms with E-state index in [1.54, 1.807) is 21.3 Å². The molecule has 6 nitrogen and oxygen atoms in total. The van der Waals surface area contributed by atoms with Crippen LogP contribution in [-0.4, -0.2) is 78.8 Å². The highest BCUT2D eigenvalue weighted by Crippen LogP contribution is 1.88. The van der Waals surface area contributed by atoms with Crippen molar-refractivity contribution in [3.05, 3.63) is 0 Å². The molecule has 0 aliphatic rings. The number of rotatable bonds is 9. The van der Waals surface area contributed by atoms with Gasteiger partial charge in [-0.1, -0.05) is 6.92 Å². The summed E-state index contributed by atoms with van der Waals surface area (Å²) in [5.74, 6) is 0. The maximum Gasteiger partial charge on any atom is 0.483 e. The third-order valence-corrected chi connectivity index (χ3v) is 3.10. The molecule has 7 heteroatoms. The Morgan fingerprint density at radius 1 is 0.882 bits per heavy atom. The maximum atomic E-state index is 8.57. The lowest BCUT2D eigenvalue weighted by molar-refractivity contribution is 0.161. The SMILES string of the molecule is CCCN(CCO)CCO.CO[SiH](OC)OC. The Hall–Kier alpha value is -0.0231. The predicted octanol–water partition coefficient (Wildman–Crippen LogP) is -0.674. The summed E-state index contributed by atoms with van der Waals surface area (Å²) < 4.78 is 14.2. The van der Waals surface area contributed by atoms with E-state index >= 15 is 0 Å². The van der Waals surface area contributed by atoms with Gasteiger partial charge in [0.25, 0.3) is 0 Å². The molecule has 0 saturated carbocycles. The molecule has 0 aromatic carbocycles. The van der Waals surface area contributed by atoms with Gasteiger partial charge in [-0.15, -0.1) is 0 Å². The molecule has 2 N–H and O–H groups in total. The van der Waals surface area contributed by atoms with Gasteiger partial charge in [0, 0.05) is 34.4 Å². The lowest BCUT2D eigenvalue weighted by Gasteiger charge is -2.18. The molecule has 0 aromatic heterocycles. The highest BCUT2D eigenvalue weighted by atomic mass is 28.3. The van der Waals surface area contributed by atoms with Crippen LogP contribution < -0.4 is 0 Å². The minimum atomic E-state index is -1.67. The summed E-state index contributed by atoms with van der Waals surface area (Å²) in [5.41, 5.74) is 0. The molecule has 17 heavy (non-hydrogen) atoms. The molecule has 0 atom stereocenters. The summed E-state index contributed by atoms with van der Waals surface area (Å²) in [7, 11) is 3.05. The van der Waals surface area contributed by atoms with Crippen molar-refractivity contribution in [1.29, 1.82) is 0 Å². The molecular formula is C10H27NO5Si. The monoisotopic (exact) mass is 269 g/mol. The fourth-order valence-corrected chi connectivity index (χ4v) is 1.80. The molecule has 0 unspecified atom stereocenters. The molecular weight excluding hydrogens is 242 g/mol. The summed E-state index contributed by atoms with van der Waals surface area (Å²) >= 11 is 0. The van der Waals surface area contributed by atoms with Gasteiger partial charge in [-0.25, -0.2) is 0 Å². The number of nitrogens with zero attached hydrogens (tertiary/aromatic N) is 1. The van der Waals surface area contributed by atoms with Crippen molar-refractivity contribution in [3.8, 4) is 0 Å². The van der Waals surface area contributed by atoms with Crippen LogP contribution in [0.15, 0.2) is 0 Å². The fraction of sp³-hybridized carbons (Fsp3) is 1.00. The van der Waals surface area contributed by atoms with E-state index in [1.165, 1.54) is 0 Å². The summed E-state index contributed by atoms with van der Waals surface area (Å²) in [6.45, 7) is 4.76. The zero-order valence-corrected chi connectivity index (χ0v) is 12.5. The van der Waals surface area contributed by atoms with Crippen LogP contribution in [-0.2, 0) is 13.3 Å². The van der Waals surface area contributed by atoms with Crippen molar-refractivity contribution in [3.63, 3.8) is 0 Å². The lowest BCUT2D eigenvalue weighted by Crippen LogP contribution is -2.30. The standard InChI is InChI=1S/C7H17NO2.C3H10O3Si/c1-2-3-8(4-6-9)5-7-10;1-4-7(5-2)6-3/h9-10H,2-7H2,1H3;7H,1-3H3. The Labute approximate surface area is 106 Å². The molecule has 0 spiro atoms. The average molecular weight is 269 g/mol. The Bertz CT molecular complexity index is 118. The minimum absolute atomic E-state index is 0.181. The van der Waals surface area contributed by atoms with Gasteiger partial charge in [0.05, 0.1) is 13.2 Å². The highest BCUT2D eigenvalue weighted by molar-refractivity contribution is 6.36. The van der Waals surface area contributed by atoms with E-state index in [0.29, 0.717) is 13.1 Å². The van der Waals surface area contributed by atoms with Crippen LogP contribution in [0.5, 0.6) is 0 Å². The van der Waals surface area contributed by atoms with E-state index in [2.05, 4.69) is 6.92 Å². The average Bonchev–Trinajstić information content (AvgIpc) is 2.33. The largest absolute Gasteiger partial charge is 0.483 e. The Balaban J connectivity index is 0. The molecule has 0 aromatic rings. The molecule has 0 bridgehead atoms. The molecule has 0 radical (unpaired) electrons. The molecule has 0 saturated heterocycles. The Kier molecular flexibility index (Phi) is 18.2. The summed E-state index contributed by atoms with van der Waals surface area (Å²) in [4.78, 5) is 2.04. The third-order valence-electron chi connectivity index (χ3n) is 1.95. The molecule has 0 amide bonds. The number of hydrogen-bond donors (Lipinski definition) is 2. The number of aliphatic hydroxyl groups is 2. The Morgan fingerprint density at radius 2 is 1.29 bits per heavy atom. The van der Waals surface area contributed by atoms with Crippen LogP contribution in [0, 0.1) is 0 Å². The van der Waals surface area contributed by atoms with Crippen molar-refractivity contribution < 1.29 is 23.5 Å². The molecule has 106 valence electrons. The highest BCUT2D eigenvalue weighted by Gasteiger charge is 2.05. The summed E-state index contributed by atoms with van der Waals surface area (Å²) in [6, 6.07) is 0. The van der Waals surface area contributed by atoms with Crippen molar-refractivity contribution in [2.24, 2.45) is 0 Å². The summed E-state index contributed by atoms with van der Waals surface area (Å²) in [6.07, 6.45) is 1.07. The van der Waals surface area contributed by atoms with Crippen molar-refractivity contribution in [1.82, 2.24) is 4.90 Å². The lowest BCUT2D eigenvalue weighted by atomic mass is 10.4. The second-order valence-electron chi connectivity index (χ2n) is 3.28. The van der Waals surface area contributed by atoms with Gasteiger partial charge in [0.15, 0.2) is 0 Å². The quantitative estimate of drug-likeness (QED) is 0.541. The first-order chi connectivity index (χ1) is 8.19. The van der Waals surface area contributed by atoms with Gasteiger partial charge in [-0.05, 0) is 13.0 Å². The van der Waals surface area contributed by atoms with Crippen LogP contribution in [0.2, 0.25) is 0 Å². The zero-order chi connectivity index (χ0) is 13.5.